The molecule has 2 nitrogen and oxygen atoms in total. The summed E-state index contributed by atoms with van der Waals surface area (Å²) in [6.07, 6.45) is 0. The van der Waals surface area contributed by atoms with Crippen LogP contribution in [0.2, 0.25) is 0 Å². The molecule has 0 spiro atoms. The quantitative estimate of drug-likeness (QED) is 0.381. The van der Waals surface area contributed by atoms with E-state index in [4.69, 9.17) is 10.6 Å². The molecule has 0 aliphatic heterocycles. The molecule has 0 aromatic heterocycles. The number of quaternary nitrogens is 1. The molecule has 0 unspecified atom stereocenters. The van der Waals surface area contributed by atoms with E-state index in [2.05, 4.69) is 0 Å². The van der Waals surface area contributed by atoms with Gasteiger partial charge in [0, 0.05) is 0 Å². The maximum atomic E-state index is 8.82. The zero-order valence-corrected chi connectivity index (χ0v) is 4.89. The summed E-state index contributed by atoms with van der Waals surface area (Å²) in [5, 5.41) is 8.82. The van der Waals surface area contributed by atoms with E-state index in [1.165, 1.54) is 21.1 Å². The Balaban J connectivity index is 4.75. The monoisotopic (exact) mass is 109 g/mol. The maximum absolute atomic E-state index is 8.82. The van der Waals surface area contributed by atoms with Crippen LogP contribution in [-0.4, -0.2) is 43.8 Å². The van der Waals surface area contributed by atoms with Crippen LogP contribution in [-0.2, 0) is 0 Å². The van der Waals surface area contributed by atoms with Crippen LogP contribution < -0.4 is 0 Å². The molecule has 0 aliphatic carbocycles. The van der Waals surface area contributed by atoms with E-state index in [1.807, 2.05) is 0 Å². The average Bonchev–Trinajstić information content (AvgIpc) is 1.58. The zero-order valence-electron chi connectivity index (χ0n) is 8.89. The molecule has 0 aliphatic rings. The van der Waals surface area contributed by atoms with E-state index in [-0.39, 0.29) is 4.48 Å². The molecule has 2 heteroatoms. The van der Waals surface area contributed by atoms with Crippen LogP contribution in [0.25, 0.3) is 0 Å². The average molecular weight is 109 g/mol. The van der Waals surface area contributed by atoms with Gasteiger partial charge >= 0.3 is 0 Å². The molecular weight excluding hydrogens is 91.1 g/mol. The van der Waals surface area contributed by atoms with Crippen molar-refractivity contribution < 1.29 is 15.1 Å². The summed E-state index contributed by atoms with van der Waals surface area (Å²) in [4.78, 5) is 0. The van der Waals surface area contributed by atoms with Crippen LogP contribution >= 0.6 is 0 Å². The Morgan fingerprint density at radius 3 is 2.00 bits per heavy atom. The number of hydrogen-bond acceptors (Lipinski definition) is 1. The predicted molar refractivity (Wildman–Crippen MR) is 30.0 cm³/mol. The van der Waals surface area contributed by atoms with Crippen molar-refractivity contribution in [3.05, 3.63) is 0 Å². The summed E-state index contributed by atoms with van der Waals surface area (Å²) in [5.74, 6) is 0. The van der Waals surface area contributed by atoms with Crippen LogP contribution in [0.1, 0.15) is 5.48 Å². The molecule has 0 saturated heterocycles. The first-order chi connectivity index (χ1) is 4.50. The molecule has 0 aromatic rings. The molecule has 0 heterocycles. The third-order valence-corrected chi connectivity index (χ3v) is 0.385. The molecule has 44 valence electrons. The minimum Gasteiger partial charge on any atom is -0.391 e. The van der Waals surface area contributed by atoms with E-state index >= 15 is 0 Å². The number of hydrogen-bond donors (Lipinski definition) is 1. The van der Waals surface area contributed by atoms with Crippen molar-refractivity contribution in [3.63, 3.8) is 0 Å². The van der Waals surface area contributed by atoms with Gasteiger partial charge < -0.3 is 9.59 Å². The highest BCUT2D eigenvalue weighted by Gasteiger charge is 2.02. The SMILES string of the molecule is [2H]C([2H])(O)[13C]([2H])([2H])[N+](C)(C)C. The first-order valence-electron chi connectivity index (χ1n) is 4.04. The van der Waals surface area contributed by atoms with Crippen molar-refractivity contribution in [2.75, 3.05) is 34.2 Å². The fourth-order valence-corrected chi connectivity index (χ4v) is 0.150. The molecule has 0 amide bonds. The number of likely N-dealkylation sites (N-methyl/N-ethyl adjacent to an activating group) is 1. The Labute approximate surface area is 50.6 Å². The van der Waals surface area contributed by atoms with Gasteiger partial charge in [0.1, 0.15) is 6.50 Å². The Bertz CT molecular complexity index is 130. The third kappa shape index (κ3) is 5.92. The van der Waals surface area contributed by atoms with E-state index in [1.54, 1.807) is 0 Å². The summed E-state index contributed by atoms with van der Waals surface area (Å²) in [7, 11) is 4.44. The van der Waals surface area contributed by atoms with Gasteiger partial charge in [-0.1, -0.05) is 0 Å². The first-order valence-corrected chi connectivity index (χ1v) is 2.04. The van der Waals surface area contributed by atoms with Gasteiger partial charge in [-0.25, -0.2) is 0 Å². The Morgan fingerprint density at radius 2 is 2.00 bits per heavy atom. The van der Waals surface area contributed by atoms with Gasteiger partial charge in [0.2, 0.25) is 0 Å². The standard InChI is InChI=1S/C5H14NO/c1-6(2,3)4-5-7/h7H,4-5H2,1-3H3/q+1/i4+1D2,5D2. The van der Waals surface area contributed by atoms with Crippen LogP contribution in [0, 0.1) is 0 Å². The predicted octanol–water partition coefficient (Wildman–Crippen LogP) is -0.315. The molecule has 0 rings (SSSR count). The molecule has 7 heavy (non-hydrogen) atoms. The lowest BCUT2D eigenvalue weighted by atomic mass is 10.8. The van der Waals surface area contributed by atoms with Crippen molar-refractivity contribution >= 4 is 0 Å². The molecule has 1 N–H and O–H groups in total. The summed E-state index contributed by atoms with van der Waals surface area (Å²) >= 11 is 0. The van der Waals surface area contributed by atoms with Gasteiger partial charge in [0.25, 0.3) is 0 Å². The van der Waals surface area contributed by atoms with Gasteiger partial charge in [0.05, 0.1) is 33.2 Å². The van der Waals surface area contributed by atoms with Crippen molar-refractivity contribution in [1.82, 2.24) is 0 Å². The second-order valence-electron chi connectivity index (χ2n) is 2.24. The lowest BCUT2D eigenvalue weighted by Gasteiger charge is -2.21. The van der Waals surface area contributed by atoms with E-state index in [0.717, 1.165) is 0 Å². The Morgan fingerprint density at radius 1 is 1.57 bits per heavy atom. The van der Waals surface area contributed by atoms with E-state index < -0.39 is 13.1 Å². The lowest BCUT2D eigenvalue weighted by Crippen LogP contribution is -2.36. The second-order valence-corrected chi connectivity index (χ2v) is 2.24. The van der Waals surface area contributed by atoms with E-state index in [9.17, 15) is 0 Å². The fraction of sp³-hybridized carbons (Fsp3) is 1.00. The molecule has 0 saturated carbocycles. The van der Waals surface area contributed by atoms with Crippen molar-refractivity contribution in [2.24, 2.45) is 0 Å². The zero-order chi connectivity index (χ0) is 9.50. The molecule has 0 radical (unpaired) electrons. The number of nitrogens with zero attached hydrogens (tertiary/aromatic N) is 1. The van der Waals surface area contributed by atoms with Crippen LogP contribution in [0.4, 0.5) is 0 Å². The van der Waals surface area contributed by atoms with Crippen LogP contribution in [0.3, 0.4) is 0 Å². The first kappa shape index (κ1) is 2.46. The molecule has 0 bridgehead atoms. The minimum atomic E-state index is -2.81. The Kier molecular flexibility index (Phi) is 0.804. The smallest absolute Gasteiger partial charge is 0.101 e. The summed E-state index contributed by atoms with van der Waals surface area (Å²) in [6, 6.07) is 0. The molecule has 0 fully saturated rings. The normalized spacial score (nSPS) is 24.6. The van der Waals surface area contributed by atoms with E-state index in [0.29, 0.717) is 0 Å². The van der Waals surface area contributed by atoms with Crippen LogP contribution in [0.5, 0.6) is 0 Å². The van der Waals surface area contributed by atoms with Gasteiger partial charge in [-0.05, 0) is 0 Å². The topological polar surface area (TPSA) is 20.2 Å². The van der Waals surface area contributed by atoms with Gasteiger partial charge in [-0.15, -0.1) is 0 Å². The third-order valence-electron chi connectivity index (χ3n) is 0.385. The van der Waals surface area contributed by atoms with Gasteiger partial charge in [-0.2, -0.15) is 0 Å². The summed E-state index contributed by atoms with van der Waals surface area (Å²) in [6.45, 7) is -5.11. The second kappa shape index (κ2) is 2.28. The molecular formula is C5H14NO+. The highest BCUT2D eigenvalue weighted by atomic mass is 16.3. The number of rotatable bonds is 2. The summed E-state index contributed by atoms with van der Waals surface area (Å²) in [5.41, 5.74) is 0. The maximum Gasteiger partial charge on any atom is 0.101 e. The summed E-state index contributed by atoms with van der Waals surface area (Å²) < 4.78 is 27.8. The Hall–Kier alpha value is -0.0800. The van der Waals surface area contributed by atoms with Crippen molar-refractivity contribution in [1.29, 1.82) is 0 Å². The van der Waals surface area contributed by atoms with Gasteiger partial charge in [-0.3, -0.25) is 0 Å². The van der Waals surface area contributed by atoms with Crippen molar-refractivity contribution in [3.8, 4) is 0 Å². The van der Waals surface area contributed by atoms with Crippen molar-refractivity contribution in [2.45, 2.75) is 0 Å². The lowest BCUT2D eigenvalue weighted by molar-refractivity contribution is -0.870. The highest BCUT2D eigenvalue weighted by Crippen LogP contribution is 1.84. The molecule has 0 aromatic carbocycles. The molecule has 0 atom stereocenters. The largest absolute Gasteiger partial charge is 0.391 e. The minimum absolute atomic E-state index is 0.281. The van der Waals surface area contributed by atoms with Crippen LogP contribution in [0.15, 0.2) is 0 Å². The highest BCUT2D eigenvalue weighted by molar-refractivity contribution is 4.19. The number of aliphatic hydroxyl groups is 1. The fourth-order valence-electron chi connectivity index (χ4n) is 0.150. The van der Waals surface area contributed by atoms with Gasteiger partial charge in [0.15, 0.2) is 0 Å².